The smallest absolute Gasteiger partial charge is 0.268 e. The van der Waals surface area contributed by atoms with Gasteiger partial charge in [-0.1, -0.05) is 44.2 Å². The minimum Gasteiger partial charge on any atom is -0.348 e. The van der Waals surface area contributed by atoms with Gasteiger partial charge in [0, 0.05) is 48.6 Å². The van der Waals surface area contributed by atoms with Crippen LogP contribution in [0.4, 0.5) is 0 Å². The third-order valence-corrected chi connectivity index (χ3v) is 8.63. The van der Waals surface area contributed by atoms with Crippen LogP contribution in [0.5, 0.6) is 0 Å². The average molecular weight is 500 g/mol. The van der Waals surface area contributed by atoms with Crippen molar-refractivity contribution in [2.24, 2.45) is 18.9 Å². The predicted molar refractivity (Wildman–Crippen MR) is 150 cm³/mol. The highest BCUT2D eigenvalue weighted by atomic mass is 16.2. The highest BCUT2D eigenvalue weighted by Gasteiger charge is 2.25. The van der Waals surface area contributed by atoms with Crippen LogP contribution in [0.25, 0.3) is 10.9 Å². The van der Waals surface area contributed by atoms with Crippen LogP contribution in [0.15, 0.2) is 48.5 Å². The molecule has 0 radical (unpaired) electrons. The minimum atomic E-state index is 0.0435. The molecule has 1 N–H and O–H groups in total. The SMILES string of the molecule is CC(C)C(=O)c1ccc2c(c1)CCN(CC[C@H]1CC[C@H](NC(=O)c3cc4ccccc4n3C)CC1)CC2. The largest absolute Gasteiger partial charge is 0.348 e. The quantitative estimate of drug-likeness (QED) is 0.418. The Bertz CT molecular complexity index is 1270. The molecule has 0 atom stereocenters. The van der Waals surface area contributed by atoms with Gasteiger partial charge in [-0.05, 0) is 86.7 Å². The summed E-state index contributed by atoms with van der Waals surface area (Å²) in [5.74, 6) is 1.07. The molecule has 2 aliphatic rings. The number of fused-ring (bicyclic) bond motifs is 2. The highest BCUT2D eigenvalue weighted by Crippen LogP contribution is 2.28. The van der Waals surface area contributed by atoms with Crippen molar-refractivity contribution in [2.75, 3.05) is 19.6 Å². The maximum Gasteiger partial charge on any atom is 0.268 e. The van der Waals surface area contributed by atoms with Crippen molar-refractivity contribution in [3.8, 4) is 0 Å². The van der Waals surface area contributed by atoms with E-state index in [0.29, 0.717) is 0 Å². The van der Waals surface area contributed by atoms with E-state index in [4.69, 9.17) is 0 Å². The Hall–Kier alpha value is -2.92. The van der Waals surface area contributed by atoms with Crippen molar-refractivity contribution < 1.29 is 9.59 Å². The Kier molecular flexibility index (Phi) is 7.80. The zero-order chi connectivity index (χ0) is 25.9. The molecule has 5 rings (SSSR count). The number of ketones is 1. The van der Waals surface area contributed by atoms with Gasteiger partial charge in [0.2, 0.25) is 0 Å². The Morgan fingerprint density at radius 2 is 1.68 bits per heavy atom. The molecule has 5 nitrogen and oxygen atoms in total. The van der Waals surface area contributed by atoms with E-state index in [9.17, 15) is 9.59 Å². The van der Waals surface area contributed by atoms with E-state index in [2.05, 4.69) is 34.5 Å². The molecule has 1 aliphatic carbocycles. The summed E-state index contributed by atoms with van der Waals surface area (Å²) in [6.45, 7) is 7.26. The second kappa shape index (κ2) is 11.2. The molecule has 0 unspecified atom stereocenters. The fourth-order valence-electron chi connectivity index (χ4n) is 6.21. The zero-order valence-corrected chi connectivity index (χ0v) is 22.6. The second-order valence-electron chi connectivity index (χ2n) is 11.5. The number of aryl methyl sites for hydroxylation is 1. The topological polar surface area (TPSA) is 54.3 Å². The first-order valence-corrected chi connectivity index (χ1v) is 14.1. The number of nitrogens with zero attached hydrogens (tertiary/aromatic N) is 2. The van der Waals surface area contributed by atoms with Crippen LogP contribution >= 0.6 is 0 Å². The zero-order valence-electron chi connectivity index (χ0n) is 22.6. The maximum absolute atomic E-state index is 13.0. The van der Waals surface area contributed by atoms with Crippen LogP contribution in [0.2, 0.25) is 0 Å². The van der Waals surface area contributed by atoms with Crippen molar-refractivity contribution in [3.63, 3.8) is 0 Å². The molecular formula is C32H41N3O2. The number of benzene rings is 2. The Morgan fingerprint density at radius 1 is 0.946 bits per heavy atom. The maximum atomic E-state index is 13.0. The van der Waals surface area contributed by atoms with Gasteiger partial charge in [-0.25, -0.2) is 0 Å². The van der Waals surface area contributed by atoms with Gasteiger partial charge < -0.3 is 14.8 Å². The Balaban J connectivity index is 1.07. The first kappa shape index (κ1) is 25.7. The summed E-state index contributed by atoms with van der Waals surface area (Å²) < 4.78 is 2.00. The van der Waals surface area contributed by atoms with E-state index in [1.807, 2.05) is 49.7 Å². The standard InChI is InChI=1S/C32H41N3O2/c1-22(2)31(36)27-11-10-24-15-18-35(19-16-25(24)20-27)17-14-23-8-12-28(13-9-23)33-32(37)30-21-26-6-4-5-7-29(26)34(30)3/h4-7,10-11,20-23,28H,8-9,12-19H2,1-3H3,(H,33,37)/t23-,28-. The molecule has 37 heavy (non-hydrogen) atoms. The number of amides is 1. The lowest BCUT2D eigenvalue weighted by Crippen LogP contribution is -2.38. The molecule has 1 amide bonds. The van der Waals surface area contributed by atoms with Crippen molar-refractivity contribution in [1.29, 1.82) is 0 Å². The summed E-state index contributed by atoms with van der Waals surface area (Å²) in [7, 11) is 1.97. The van der Waals surface area contributed by atoms with E-state index in [0.717, 1.165) is 73.4 Å². The lowest BCUT2D eigenvalue weighted by Gasteiger charge is -2.30. The van der Waals surface area contributed by atoms with Gasteiger partial charge in [0.15, 0.2) is 5.78 Å². The lowest BCUT2D eigenvalue weighted by molar-refractivity contribution is 0.0910. The van der Waals surface area contributed by atoms with Gasteiger partial charge in [-0.2, -0.15) is 0 Å². The number of carbonyl (C=O) groups excluding carboxylic acids is 2. The lowest BCUT2D eigenvalue weighted by atomic mass is 9.84. The molecule has 196 valence electrons. The van der Waals surface area contributed by atoms with Crippen molar-refractivity contribution in [3.05, 3.63) is 70.9 Å². The van der Waals surface area contributed by atoms with Gasteiger partial charge in [-0.15, -0.1) is 0 Å². The molecule has 1 fully saturated rings. The molecule has 2 heterocycles. The number of aromatic nitrogens is 1. The van der Waals surface area contributed by atoms with Gasteiger partial charge in [0.25, 0.3) is 5.91 Å². The van der Waals surface area contributed by atoms with E-state index >= 15 is 0 Å². The van der Waals surface area contributed by atoms with Crippen LogP contribution in [0, 0.1) is 11.8 Å². The number of carbonyl (C=O) groups is 2. The number of nitrogens with one attached hydrogen (secondary N) is 1. The molecule has 0 saturated heterocycles. The summed E-state index contributed by atoms with van der Waals surface area (Å²) in [4.78, 5) is 28.0. The Labute approximate surface area is 221 Å². The average Bonchev–Trinajstić information content (AvgIpc) is 3.11. The highest BCUT2D eigenvalue weighted by molar-refractivity contribution is 5.99. The van der Waals surface area contributed by atoms with Crippen LogP contribution in [-0.2, 0) is 19.9 Å². The summed E-state index contributed by atoms with van der Waals surface area (Å²) >= 11 is 0. The van der Waals surface area contributed by atoms with Crippen LogP contribution < -0.4 is 5.32 Å². The normalized spacial score (nSPS) is 20.5. The summed E-state index contributed by atoms with van der Waals surface area (Å²) in [5.41, 5.74) is 5.47. The molecule has 1 aliphatic heterocycles. The second-order valence-corrected chi connectivity index (χ2v) is 11.5. The van der Waals surface area contributed by atoms with Gasteiger partial charge in [-0.3, -0.25) is 9.59 Å². The fourth-order valence-corrected chi connectivity index (χ4v) is 6.21. The van der Waals surface area contributed by atoms with Crippen LogP contribution in [-0.4, -0.2) is 46.8 Å². The number of Topliss-reactive ketones (excluding diaryl/α,β-unsaturated/α-hetero) is 1. The third-order valence-electron chi connectivity index (χ3n) is 8.63. The molecule has 2 aromatic carbocycles. The first-order valence-electron chi connectivity index (χ1n) is 14.1. The van der Waals surface area contributed by atoms with Crippen LogP contribution in [0.1, 0.15) is 77.9 Å². The van der Waals surface area contributed by atoms with E-state index in [1.54, 1.807) is 0 Å². The monoisotopic (exact) mass is 499 g/mol. The van der Waals surface area contributed by atoms with Crippen molar-refractivity contribution >= 4 is 22.6 Å². The number of rotatable bonds is 7. The number of hydrogen-bond acceptors (Lipinski definition) is 3. The van der Waals surface area contributed by atoms with E-state index in [-0.39, 0.29) is 23.7 Å². The summed E-state index contributed by atoms with van der Waals surface area (Å²) in [6, 6.07) is 16.8. The molecule has 0 spiro atoms. The summed E-state index contributed by atoms with van der Waals surface area (Å²) in [6.07, 6.45) is 7.84. The van der Waals surface area contributed by atoms with Crippen molar-refractivity contribution in [1.82, 2.24) is 14.8 Å². The minimum absolute atomic E-state index is 0.0435. The number of para-hydroxylation sites is 1. The fraction of sp³-hybridized carbons (Fsp3) is 0.500. The van der Waals surface area contributed by atoms with Gasteiger partial charge >= 0.3 is 0 Å². The van der Waals surface area contributed by atoms with E-state index < -0.39 is 0 Å². The molecular weight excluding hydrogens is 458 g/mol. The number of hydrogen-bond donors (Lipinski definition) is 1. The predicted octanol–water partition coefficient (Wildman–Crippen LogP) is 5.80. The molecule has 5 heteroatoms. The summed E-state index contributed by atoms with van der Waals surface area (Å²) in [5, 5.41) is 4.42. The van der Waals surface area contributed by atoms with Crippen molar-refractivity contribution in [2.45, 2.75) is 64.8 Å². The Morgan fingerprint density at radius 3 is 2.41 bits per heavy atom. The molecule has 1 aromatic heterocycles. The molecule has 3 aromatic rings. The first-order chi connectivity index (χ1) is 17.9. The van der Waals surface area contributed by atoms with Gasteiger partial charge in [0.1, 0.15) is 5.69 Å². The van der Waals surface area contributed by atoms with Gasteiger partial charge in [0.05, 0.1) is 0 Å². The van der Waals surface area contributed by atoms with Crippen LogP contribution in [0.3, 0.4) is 0 Å². The molecule has 0 bridgehead atoms. The third kappa shape index (κ3) is 5.82. The molecule has 1 saturated carbocycles. The van der Waals surface area contributed by atoms with E-state index in [1.165, 1.54) is 30.4 Å².